The number of nitrogens with zero attached hydrogens (tertiary/aromatic N) is 1. The van der Waals surface area contributed by atoms with Crippen LogP contribution < -0.4 is 10.1 Å². The van der Waals surface area contributed by atoms with Crippen LogP contribution in [0, 0.1) is 0 Å². The van der Waals surface area contributed by atoms with Crippen LogP contribution in [0.25, 0.3) is 10.9 Å². The molecule has 0 radical (unpaired) electrons. The van der Waals surface area contributed by atoms with Crippen LogP contribution in [0.15, 0.2) is 24.3 Å². The Morgan fingerprint density at radius 1 is 1.27 bits per heavy atom. The average molecular weight is 223 g/mol. The highest BCUT2D eigenvalue weighted by atomic mass is 35.5. The molecule has 0 amide bonds. The van der Waals surface area contributed by atoms with Gasteiger partial charge in [-0.2, -0.15) is 0 Å². The van der Waals surface area contributed by atoms with E-state index >= 15 is 0 Å². The van der Waals surface area contributed by atoms with Crippen molar-refractivity contribution in [1.29, 1.82) is 0 Å². The van der Waals surface area contributed by atoms with Crippen LogP contribution in [-0.4, -0.2) is 19.1 Å². The molecule has 0 saturated carbocycles. The van der Waals surface area contributed by atoms with Crippen molar-refractivity contribution in [3.8, 4) is 5.75 Å². The standard InChI is InChI=1S/C11H11ClN2O/c1-13-10-6-3-7-9(15-2)5-4-8(12)11(7)14-10/h3-6H,1-2H3,(H,13,14). The highest BCUT2D eigenvalue weighted by Gasteiger charge is 2.06. The molecule has 78 valence electrons. The Labute approximate surface area is 93.0 Å². The molecule has 0 atom stereocenters. The molecule has 1 aromatic heterocycles. The molecule has 2 rings (SSSR count). The maximum atomic E-state index is 6.07. The smallest absolute Gasteiger partial charge is 0.128 e. The number of pyridine rings is 1. The van der Waals surface area contributed by atoms with E-state index in [4.69, 9.17) is 16.3 Å². The number of ether oxygens (including phenoxy) is 1. The third kappa shape index (κ3) is 1.70. The number of benzene rings is 1. The second kappa shape index (κ2) is 3.95. The maximum Gasteiger partial charge on any atom is 0.128 e. The van der Waals surface area contributed by atoms with Crippen molar-refractivity contribution >= 4 is 28.3 Å². The summed E-state index contributed by atoms with van der Waals surface area (Å²) in [6, 6.07) is 7.46. The van der Waals surface area contributed by atoms with E-state index < -0.39 is 0 Å². The van der Waals surface area contributed by atoms with Gasteiger partial charge in [-0.15, -0.1) is 0 Å². The number of anilines is 1. The monoisotopic (exact) mass is 222 g/mol. The molecule has 0 unspecified atom stereocenters. The number of hydrogen-bond acceptors (Lipinski definition) is 3. The van der Waals surface area contributed by atoms with Gasteiger partial charge in [0.1, 0.15) is 11.6 Å². The van der Waals surface area contributed by atoms with Crippen molar-refractivity contribution in [2.75, 3.05) is 19.5 Å². The lowest BCUT2D eigenvalue weighted by molar-refractivity contribution is 0.420. The maximum absolute atomic E-state index is 6.07. The van der Waals surface area contributed by atoms with Gasteiger partial charge in [0.25, 0.3) is 0 Å². The van der Waals surface area contributed by atoms with Gasteiger partial charge >= 0.3 is 0 Å². The largest absolute Gasteiger partial charge is 0.496 e. The Morgan fingerprint density at radius 2 is 2.07 bits per heavy atom. The second-order valence-electron chi connectivity index (χ2n) is 3.09. The Hall–Kier alpha value is -1.48. The fourth-order valence-electron chi connectivity index (χ4n) is 1.47. The van der Waals surface area contributed by atoms with Gasteiger partial charge in [-0.3, -0.25) is 0 Å². The quantitative estimate of drug-likeness (QED) is 0.849. The lowest BCUT2D eigenvalue weighted by Gasteiger charge is -2.07. The summed E-state index contributed by atoms with van der Waals surface area (Å²) in [5, 5.41) is 4.52. The van der Waals surface area contributed by atoms with E-state index in [-0.39, 0.29) is 0 Å². The van der Waals surface area contributed by atoms with Crippen molar-refractivity contribution in [2.24, 2.45) is 0 Å². The summed E-state index contributed by atoms with van der Waals surface area (Å²) in [5.41, 5.74) is 0.753. The number of nitrogens with one attached hydrogen (secondary N) is 1. The molecule has 3 nitrogen and oxygen atoms in total. The van der Waals surface area contributed by atoms with Crippen molar-refractivity contribution in [3.63, 3.8) is 0 Å². The number of fused-ring (bicyclic) bond motifs is 1. The van der Waals surface area contributed by atoms with Gasteiger partial charge in [0.15, 0.2) is 0 Å². The van der Waals surface area contributed by atoms with Crippen molar-refractivity contribution in [1.82, 2.24) is 4.98 Å². The fourth-order valence-corrected chi connectivity index (χ4v) is 1.68. The molecule has 0 aliphatic rings. The van der Waals surface area contributed by atoms with Crippen molar-refractivity contribution in [2.45, 2.75) is 0 Å². The summed E-state index contributed by atoms with van der Waals surface area (Å²) < 4.78 is 5.24. The molecule has 0 aliphatic heterocycles. The average Bonchev–Trinajstić information content (AvgIpc) is 2.29. The minimum atomic E-state index is 0.628. The van der Waals surface area contributed by atoms with Gasteiger partial charge in [0, 0.05) is 12.4 Å². The summed E-state index contributed by atoms with van der Waals surface area (Å²) in [5.74, 6) is 1.57. The zero-order chi connectivity index (χ0) is 10.8. The summed E-state index contributed by atoms with van der Waals surface area (Å²) in [4.78, 5) is 4.38. The van der Waals surface area contributed by atoms with Crippen molar-refractivity contribution < 1.29 is 4.74 Å². The molecule has 1 aromatic carbocycles. The second-order valence-corrected chi connectivity index (χ2v) is 3.50. The fraction of sp³-hybridized carbons (Fsp3) is 0.182. The lowest BCUT2D eigenvalue weighted by Crippen LogP contribution is -1.93. The van der Waals surface area contributed by atoms with Crippen LogP contribution in [0.1, 0.15) is 0 Å². The first-order valence-corrected chi connectivity index (χ1v) is 4.95. The molecule has 1 N–H and O–H groups in total. The Bertz CT molecular complexity index is 499. The molecular formula is C11H11ClN2O. The van der Waals surface area contributed by atoms with Crippen LogP contribution in [0.5, 0.6) is 5.75 Å². The molecule has 4 heteroatoms. The molecule has 0 fully saturated rings. The molecule has 1 heterocycles. The van der Waals surface area contributed by atoms with Gasteiger partial charge in [-0.05, 0) is 24.3 Å². The Balaban J connectivity index is 2.75. The van der Waals surface area contributed by atoms with Gasteiger partial charge in [-0.25, -0.2) is 4.98 Å². The summed E-state index contributed by atoms with van der Waals surface area (Å²) in [6.07, 6.45) is 0. The van der Waals surface area contributed by atoms with Crippen LogP contribution in [0.2, 0.25) is 5.02 Å². The number of rotatable bonds is 2. The molecule has 0 saturated heterocycles. The van der Waals surface area contributed by atoms with Gasteiger partial charge < -0.3 is 10.1 Å². The molecule has 0 spiro atoms. The third-order valence-electron chi connectivity index (χ3n) is 2.24. The normalized spacial score (nSPS) is 10.3. The van der Waals surface area contributed by atoms with E-state index in [1.54, 1.807) is 13.2 Å². The minimum absolute atomic E-state index is 0.628. The van der Waals surface area contributed by atoms with E-state index in [2.05, 4.69) is 10.3 Å². The van der Waals surface area contributed by atoms with Crippen LogP contribution in [-0.2, 0) is 0 Å². The number of halogens is 1. The molecule has 0 aliphatic carbocycles. The molecule has 2 aromatic rings. The third-order valence-corrected chi connectivity index (χ3v) is 2.55. The van der Waals surface area contributed by atoms with E-state index in [0.29, 0.717) is 5.02 Å². The highest BCUT2D eigenvalue weighted by molar-refractivity contribution is 6.35. The number of aromatic nitrogens is 1. The first-order chi connectivity index (χ1) is 7.26. The van der Waals surface area contributed by atoms with E-state index in [1.165, 1.54) is 0 Å². The minimum Gasteiger partial charge on any atom is -0.496 e. The number of methoxy groups -OCH3 is 1. The van der Waals surface area contributed by atoms with E-state index in [0.717, 1.165) is 22.5 Å². The number of hydrogen-bond donors (Lipinski definition) is 1. The predicted molar refractivity (Wildman–Crippen MR) is 62.9 cm³/mol. The molecule has 15 heavy (non-hydrogen) atoms. The van der Waals surface area contributed by atoms with E-state index in [1.807, 2.05) is 25.2 Å². The Morgan fingerprint density at radius 3 is 2.73 bits per heavy atom. The summed E-state index contributed by atoms with van der Waals surface area (Å²) in [7, 11) is 3.46. The highest BCUT2D eigenvalue weighted by Crippen LogP contribution is 2.30. The van der Waals surface area contributed by atoms with Gasteiger partial charge in [0.2, 0.25) is 0 Å². The lowest BCUT2D eigenvalue weighted by atomic mass is 10.2. The first kappa shape index (κ1) is 10.1. The SMILES string of the molecule is CNc1ccc2c(OC)ccc(Cl)c2n1. The van der Waals surface area contributed by atoms with Gasteiger partial charge in [0.05, 0.1) is 17.6 Å². The molecular weight excluding hydrogens is 212 g/mol. The first-order valence-electron chi connectivity index (χ1n) is 4.57. The van der Waals surface area contributed by atoms with Crippen LogP contribution in [0.3, 0.4) is 0 Å². The zero-order valence-corrected chi connectivity index (χ0v) is 9.30. The van der Waals surface area contributed by atoms with Gasteiger partial charge in [-0.1, -0.05) is 11.6 Å². The van der Waals surface area contributed by atoms with Crippen LogP contribution >= 0.6 is 11.6 Å². The molecule has 0 bridgehead atoms. The topological polar surface area (TPSA) is 34.1 Å². The van der Waals surface area contributed by atoms with Crippen molar-refractivity contribution in [3.05, 3.63) is 29.3 Å². The van der Waals surface area contributed by atoms with E-state index in [9.17, 15) is 0 Å². The summed E-state index contributed by atoms with van der Waals surface area (Å²) in [6.45, 7) is 0. The Kier molecular flexibility index (Phi) is 2.64. The predicted octanol–water partition coefficient (Wildman–Crippen LogP) is 2.94. The van der Waals surface area contributed by atoms with Crippen LogP contribution in [0.4, 0.5) is 5.82 Å². The zero-order valence-electron chi connectivity index (χ0n) is 8.54. The summed E-state index contributed by atoms with van der Waals surface area (Å²) >= 11 is 6.07.